The molecule has 1 aromatic carbocycles. The van der Waals surface area contributed by atoms with Crippen LogP contribution in [0.5, 0.6) is 0 Å². The molecule has 0 fully saturated rings. The van der Waals surface area contributed by atoms with E-state index in [1.54, 1.807) is 6.07 Å². The van der Waals surface area contributed by atoms with Gasteiger partial charge in [-0.3, -0.25) is 5.41 Å². The second-order valence-electron chi connectivity index (χ2n) is 3.88. The number of rotatable bonds is 2. The van der Waals surface area contributed by atoms with E-state index in [0.717, 1.165) is 16.6 Å². The van der Waals surface area contributed by atoms with Crippen molar-refractivity contribution in [3.8, 4) is 0 Å². The topological polar surface area (TPSA) is 66.0 Å². The smallest absolute Gasteiger partial charge is 0.141 e. The van der Waals surface area contributed by atoms with Crippen molar-refractivity contribution in [2.24, 2.45) is 5.73 Å². The van der Waals surface area contributed by atoms with Crippen LogP contribution in [-0.2, 0) is 0 Å². The van der Waals surface area contributed by atoms with Crippen molar-refractivity contribution in [3.63, 3.8) is 0 Å². The molecule has 2 rings (SSSR count). The fraction of sp³-hybridized carbons (Fsp3) is 0.167. The van der Waals surface area contributed by atoms with Crippen LogP contribution in [0.2, 0.25) is 0 Å². The summed E-state index contributed by atoms with van der Waals surface area (Å²) in [4.78, 5) is 6.35. The number of pyridine rings is 1. The first kappa shape index (κ1) is 13.3. The number of anilines is 1. The third-order valence-electron chi connectivity index (χ3n) is 2.47. The molecule has 4 nitrogen and oxygen atoms in total. The fourth-order valence-corrected chi connectivity index (χ4v) is 1.54. The molecule has 2 aromatic rings. The van der Waals surface area contributed by atoms with E-state index in [1.807, 2.05) is 37.2 Å². The van der Waals surface area contributed by atoms with Crippen LogP contribution < -0.4 is 10.6 Å². The van der Waals surface area contributed by atoms with Gasteiger partial charge in [0.15, 0.2) is 0 Å². The minimum Gasteiger partial charge on any atom is -0.382 e. The molecule has 0 spiro atoms. The lowest BCUT2D eigenvalue weighted by molar-refractivity contribution is 1.13. The molecule has 0 saturated heterocycles. The number of nitrogens with two attached hydrogens (primary N) is 1. The zero-order valence-electron chi connectivity index (χ0n) is 9.77. The van der Waals surface area contributed by atoms with Crippen molar-refractivity contribution in [2.45, 2.75) is 0 Å². The summed E-state index contributed by atoms with van der Waals surface area (Å²) in [5, 5.41) is 8.38. The monoisotopic (exact) mass is 250 g/mol. The van der Waals surface area contributed by atoms with E-state index in [4.69, 9.17) is 11.1 Å². The summed E-state index contributed by atoms with van der Waals surface area (Å²) in [5.74, 6) is -0.00131. The number of nitrogens with one attached hydrogen (secondary N) is 1. The first-order valence-electron chi connectivity index (χ1n) is 5.00. The Labute approximate surface area is 106 Å². The van der Waals surface area contributed by atoms with E-state index in [2.05, 4.69) is 11.1 Å². The van der Waals surface area contributed by atoms with Crippen LogP contribution in [0.3, 0.4) is 0 Å². The lowest BCUT2D eigenvalue weighted by Gasteiger charge is -2.12. The maximum atomic E-state index is 7.33. The Morgan fingerprint density at radius 3 is 2.53 bits per heavy atom. The molecule has 0 saturated carbocycles. The number of nitrogens with zero attached hydrogens (tertiary/aromatic N) is 2. The Hall–Kier alpha value is -1.81. The Bertz CT molecular complexity index is 551. The number of halogens is 1. The van der Waals surface area contributed by atoms with Gasteiger partial charge in [-0.1, -0.05) is 6.07 Å². The molecule has 0 unspecified atom stereocenters. The molecule has 5 heteroatoms. The zero-order valence-corrected chi connectivity index (χ0v) is 10.6. The van der Waals surface area contributed by atoms with Gasteiger partial charge in [-0.2, -0.15) is 0 Å². The minimum atomic E-state index is -0.00131. The maximum Gasteiger partial charge on any atom is 0.141 e. The summed E-state index contributed by atoms with van der Waals surface area (Å²) in [6, 6.07) is 9.71. The SMILES string of the molecule is CN(C)c1ccc2nc(C(=N)N)ccc2c1.Cl. The van der Waals surface area contributed by atoms with Crippen LogP contribution in [0.15, 0.2) is 30.3 Å². The highest BCUT2D eigenvalue weighted by molar-refractivity contribution is 5.95. The van der Waals surface area contributed by atoms with Crippen molar-refractivity contribution in [3.05, 3.63) is 36.0 Å². The van der Waals surface area contributed by atoms with Crippen molar-refractivity contribution in [2.75, 3.05) is 19.0 Å². The predicted molar refractivity (Wildman–Crippen MR) is 74.3 cm³/mol. The summed E-state index contributed by atoms with van der Waals surface area (Å²) in [6.45, 7) is 0. The maximum absolute atomic E-state index is 7.33. The molecule has 0 aliphatic heterocycles. The molecule has 0 bridgehead atoms. The van der Waals surface area contributed by atoms with Gasteiger partial charge in [0.05, 0.1) is 5.52 Å². The number of fused-ring (bicyclic) bond motifs is 1. The van der Waals surface area contributed by atoms with Gasteiger partial charge in [-0.05, 0) is 24.3 Å². The molecule has 1 aromatic heterocycles. The molecule has 1 heterocycles. The van der Waals surface area contributed by atoms with E-state index in [9.17, 15) is 0 Å². The third-order valence-corrected chi connectivity index (χ3v) is 2.47. The summed E-state index contributed by atoms with van der Waals surface area (Å²) >= 11 is 0. The van der Waals surface area contributed by atoms with Crippen LogP contribution in [0.4, 0.5) is 5.69 Å². The molecular formula is C12H15ClN4. The van der Waals surface area contributed by atoms with E-state index < -0.39 is 0 Å². The normalized spacial score (nSPS) is 9.76. The standard InChI is InChI=1S/C12H14N4.ClH/c1-16(2)9-4-6-10-8(7-9)3-5-11(15-10)12(13)14;/h3-7H,1-2H3,(H3,13,14);1H. The van der Waals surface area contributed by atoms with E-state index in [1.165, 1.54) is 0 Å². The quantitative estimate of drug-likeness (QED) is 0.633. The lowest BCUT2D eigenvalue weighted by atomic mass is 10.1. The van der Waals surface area contributed by atoms with Gasteiger partial charge in [0.1, 0.15) is 11.5 Å². The average Bonchev–Trinajstić information content (AvgIpc) is 2.27. The van der Waals surface area contributed by atoms with Crippen molar-refractivity contribution < 1.29 is 0 Å². The second kappa shape index (κ2) is 5.01. The van der Waals surface area contributed by atoms with Gasteiger partial charge < -0.3 is 10.6 Å². The van der Waals surface area contributed by atoms with E-state index in [0.29, 0.717) is 5.69 Å². The third kappa shape index (κ3) is 2.65. The Morgan fingerprint density at radius 1 is 1.24 bits per heavy atom. The predicted octanol–water partition coefficient (Wildman–Crippen LogP) is 2.01. The van der Waals surface area contributed by atoms with Crippen molar-refractivity contribution in [1.82, 2.24) is 4.98 Å². The minimum absolute atomic E-state index is 0. The van der Waals surface area contributed by atoms with Gasteiger partial charge in [0.25, 0.3) is 0 Å². The summed E-state index contributed by atoms with van der Waals surface area (Å²) < 4.78 is 0. The van der Waals surface area contributed by atoms with Gasteiger partial charge in [0.2, 0.25) is 0 Å². The first-order chi connectivity index (χ1) is 7.58. The number of hydrogen-bond acceptors (Lipinski definition) is 3. The molecule has 3 N–H and O–H groups in total. The highest BCUT2D eigenvalue weighted by Crippen LogP contribution is 2.19. The van der Waals surface area contributed by atoms with Crippen LogP contribution in [-0.4, -0.2) is 24.9 Å². The molecule has 0 amide bonds. The number of nitrogen functional groups attached to an aromatic ring is 1. The Balaban J connectivity index is 0.00000144. The molecule has 0 radical (unpaired) electrons. The summed E-state index contributed by atoms with van der Waals surface area (Å²) in [7, 11) is 4.00. The Kier molecular flexibility index (Phi) is 3.91. The molecular weight excluding hydrogens is 236 g/mol. The van der Waals surface area contributed by atoms with E-state index in [-0.39, 0.29) is 18.2 Å². The number of aromatic nitrogens is 1. The molecule has 90 valence electrons. The second-order valence-corrected chi connectivity index (χ2v) is 3.88. The van der Waals surface area contributed by atoms with Crippen LogP contribution in [0, 0.1) is 5.41 Å². The molecule has 0 aliphatic carbocycles. The highest BCUT2D eigenvalue weighted by Gasteiger charge is 2.02. The van der Waals surface area contributed by atoms with Crippen LogP contribution in [0.25, 0.3) is 10.9 Å². The van der Waals surface area contributed by atoms with Gasteiger partial charge in [-0.25, -0.2) is 4.98 Å². The highest BCUT2D eigenvalue weighted by atomic mass is 35.5. The summed E-state index contributed by atoms with van der Waals surface area (Å²) in [6.07, 6.45) is 0. The fourth-order valence-electron chi connectivity index (χ4n) is 1.54. The largest absolute Gasteiger partial charge is 0.382 e. The van der Waals surface area contributed by atoms with Crippen LogP contribution >= 0.6 is 12.4 Å². The van der Waals surface area contributed by atoms with Crippen molar-refractivity contribution in [1.29, 1.82) is 5.41 Å². The summed E-state index contributed by atoms with van der Waals surface area (Å²) in [5.41, 5.74) is 7.90. The zero-order chi connectivity index (χ0) is 11.7. The molecule has 0 aliphatic rings. The lowest BCUT2D eigenvalue weighted by Crippen LogP contribution is -2.13. The van der Waals surface area contributed by atoms with Gasteiger partial charge in [0, 0.05) is 25.2 Å². The van der Waals surface area contributed by atoms with Crippen molar-refractivity contribution >= 4 is 34.8 Å². The average molecular weight is 251 g/mol. The van der Waals surface area contributed by atoms with E-state index >= 15 is 0 Å². The number of hydrogen-bond donors (Lipinski definition) is 2. The van der Waals surface area contributed by atoms with Gasteiger partial charge in [-0.15, -0.1) is 12.4 Å². The Morgan fingerprint density at radius 2 is 1.94 bits per heavy atom. The number of amidine groups is 1. The molecule has 0 atom stereocenters. The molecule has 17 heavy (non-hydrogen) atoms. The van der Waals surface area contributed by atoms with Gasteiger partial charge >= 0.3 is 0 Å². The van der Waals surface area contributed by atoms with Crippen LogP contribution in [0.1, 0.15) is 5.69 Å². The first-order valence-corrected chi connectivity index (χ1v) is 5.00. The number of benzene rings is 1.